The van der Waals surface area contributed by atoms with E-state index >= 15 is 0 Å². The molecule has 0 aliphatic heterocycles. The van der Waals surface area contributed by atoms with Gasteiger partial charge in [-0.05, 0) is 49.7 Å². The molecular weight excluding hydrogens is 296 g/mol. The van der Waals surface area contributed by atoms with Gasteiger partial charge >= 0.3 is 5.97 Å². The number of hydrogen-bond acceptors (Lipinski definition) is 2. The average molecular weight is 316 g/mol. The first-order valence-electron chi connectivity index (χ1n) is 7.85. The van der Waals surface area contributed by atoms with Crippen molar-refractivity contribution in [3.8, 4) is 17.6 Å². The zero-order valence-corrected chi connectivity index (χ0v) is 14.0. The van der Waals surface area contributed by atoms with E-state index in [0.717, 1.165) is 23.1 Å². The molecule has 0 bridgehead atoms. The zero-order chi connectivity index (χ0) is 17.4. The fraction of sp³-hybridized carbons (Fsp3) is 0.136. The zero-order valence-electron chi connectivity index (χ0n) is 14.0. The molecule has 0 radical (unpaired) electrons. The van der Waals surface area contributed by atoms with Gasteiger partial charge in [0.2, 0.25) is 0 Å². The smallest absolute Gasteiger partial charge is 0.343 e. The summed E-state index contributed by atoms with van der Waals surface area (Å²) in [6, 6.07) is 14.4. The molecule has 2 heteroatoms. The van der Waals surface area contributed by atoms with Crippen LogP contribution >= 0.6 is 0 Å². The van der Waals surface area contributed by atoms with Crippen molar-refractivity contribution in [1.82, 2.24) is 0 Å². The van der Waals surface area contributed by atoms with Gasteiger partial charge in [0, 0.05) is 11.1 Å². The highest BCUT2D eigenvalue weighted by atomic mass is 16.5. The minimum atomic E-state index is -0.369. The van der Waals surface area contributed by atoms with E-state index in [-0.39, 0.29) is 5.97 Å². The van der Waals surface area contributed by atoms with E-state index in [1.165, 1.54) is 0 Å². The lowest BCUT2D eigenvalue weighted by Gasteiger charge is -2.04. The van der Waals surface area contributed by atoms with Crippen molar-refractivity contribution in [2.24, 2.45) is 0 Å². The van der Waals surface area contributed by atoms with E-state index in [4.69, 9.17) is 4.74 Å². The third-order valence-electron chi connectivity index (χ3n) is 3.27. The second kappa shape index (κ2) is 8.55. The standard InChI is InChI=1S/C22H20O2/c1-4-5-6-17(2)7-10-19-11-15-21(16-12-19)24-22(23)20-13-8-18(3)9-14-20/h5-6,8-9,11-16H,2,4H2,1,3H3/b6-5-. The van der Waals surface area contributed by atoms with E-state index < -0.39 is 0 Å². The lowest BCUT2D eigenvalue weighted by atomic mass is 10.1. The molecule has 0 aliphatic carbocycles. The van der Waals surface area contributed by atoms with Crippen molar-refractivity contribution >= 4 is 5.97 Å². The molecule has 0 heterocycles. The highest BCUT2D eigenvalue weighted by molar-refractivity contribution is 5.91. The van der Waals surface area contributed by atoms with Crippen LogP contribution in [0, 0.1) is 18.8 Å². The number of allylic oxidation sites excluding steroid dienone is 3. The molecule has 2 aromatic rings. The van der Waals surface area contributed by atoms with Gasteiger partial charge in [-0.15, -0.1) is 0 Å². The van der Waals surface area contributed by atoms with Gasteiger partial charge in [0.15, 0.2) is 0 Å². The quantitative estimate of drug-likeness (QED) is 0.340. The van der Waals surface area contributed by atoms with Crippen LogP contribution in [0.5, 0.6) is 5.75 Å². The summed E-state index contributed by atoms with van der Waals surface area (Å²) in [5, 5.41) is 0. The summed E-state index contributed by atoms with van der Waals surface area (Å²) in [4.78, 5) is 12.1. The van der Waals surface area contributed by atoms with Crippen LogP contribution in [-0.4, -0.2) is 5.97 Å². The first kappa shape index (κ1) is 17.3. The molecule has 0 amide bonds. The van der Waals surface area contributed by atoms with Crippen LogP contribution in [0.2, 0.25) is 0 Å². The van der Waals surface area contributed by atoms with Crippen LogP contribution in [0.3, 0.4) is 0 Å². The second-order valence-electron chi connectivity index (χ2n) is 5.37. The molecule has 0 fully saturated rings. The molecule has 0 aromatic heterocycles. The molecule has 2 rings (SSSR count). The van der Waals surface area contributed by atoms with Gasteiger partial charge in [0.1, 0.15) is 5.75 Å². The average Bonchev–Trinajstić information content (AvgIpc) is 2.60. The summed E-state index contributed by atoms with van der Waals surface area (Å²) in [5.41, 5.74) is 3.25. The highest BCUT2D eigenvalue weighted by Crippen LogP contribution is 2.14. The van der Waals surface area contributed by atoms with Crippen LogP contribution in [0.25, 0.3) is 0 Å². The van der Waals surface area contributed by atoms with E-state index in [1.807, 2.05) is 43.3 Å². The van der Waals surface area contributed by atoms with Gasteiger partial charge in [-0.3, -0.25) is 0 Å². The number of rotatable bonds is 4. The summed E-state index contributed by atoms with van der Waals surface area (Å²) in [7, 11) is 0. The van der Waals surface area contributed by atoms with Gasteiger partial charge in [-0.2, -0.15) is 0 Å². The largest absolute Gasteiger partial charge is 0.423 e. The van der Waals surface area contributed by atoms with E-state index in [1.54, 1.807) is 24.3 Å². The monoisotopic (exact) mass is 316 g/mol. The van der Waals surface area contributed by atoms with Crippen LogP contribution in [0.15, 0.2) is 72.8 Å². The molecule has 2 nitrogen and oxygen atoms in total. The van der Waals surface area contributed by atoms with Crippen LogP contribution < -0.4 is 4.74 Å². The summed E-state index contributed by atoms with van der Waals surface area (Å²) in [6.45, 7) is 7.91. The number of hydrogen-bond donors (Lipinski definition) is 0. The van der Waals surface area contributed by atoms with Crippen molar-refractivity contribution < 1.29 is 9.53 Å². The van der Waals surface area contributed by atoms with Crippen molar-refractivity contribution in [1.29, 1.82) is 0 Å². The van der Waals surface area contributed by atoms with Crippen LogP contribution in [0.4, 0.5) is 0 Å². The Bertz CT molecular complexity index is 798. The van der Waals surface area contributed by atoms with Crippen molar-refractivity contribution in [2.75, 3.05) is 0 Å². The predicted molar refractivity (Wildman–Crippen MR) is 98.0 cm³/mol. The van der Waals surface area contributed by atoms with Gasteiger partial charge in [0.05, 0.1) is 5.56 Å². The minimum absolute atomic E-state index is 0.369. The third-order valence-corrected chi connectivity index (χ3v) is 3.27. The fourth-order valence-corrected chi connectivity index (χ4v) is 1.92. The lowest BCUT2D eigenvalue weighted by Crippen LogP contribution is -2.08. The van der Waals surface area contributed by atoms with E-state index in [2.05, 4.69) is 25.3 Å². The normalized spacial score (nSPS) is 10.1. The Hall–Kier alpha value is -3.05. The maximum absolute atomic E-state index is 12.1. The summed E-state index contributed by atoms with van der Waals surface area (Å²) in [6.07, 6.45) is 4.89. The first-order valence-corrected chi connectivity index (χ1v) is 7.85. The Morgan fingerprint density at radius 1 is 1.12 bits per heavy atom. The lowest BCUT2D eigenvalue weighted by molar-refractivity contribution is 0.0735. The van der Waals surface area contributed by atoms with Crippen LogP contribution in [0.1, 0.15) is 34.8 Å². The number of carbonyl (C=O) groups is 1. The Morgan fingerprint density at radius 2 is 1.79 bits per heavy atom. The topological polar surface area (TPSA) is 26.3 Å². The summed E-state index contributed by atoms with van der Waals surface area (Å²) < 4.78 is 5.36. The van der Waals surface area contributed by atoms with Crippen molar-refractivity contribution in [2.45, 2.75) is 20.3 Å². The molecule has 120 valence electrons. The minimum Gasteiger partial charge on any atom is -0.423 e. The number of esters is 1. The Kier molecular flexibility index (Phi) is 6.16. The Balaban J connectivity index is 2.00. The molecule has 24 heavy (non-hydrogen) atoms. The maximum Gasteiger partial charge on any atom is 0.343 e. The molecule has 0 atom stereocenters. The molecule has 0 unspecified atom stereocenters. The van der Waals surface area contributed by atoms with E-state index in [9.17, 15) is 4.79 Å². The number of ether oxygens (including phenoxy) is 1. The van der Waals surface area contributed by atoms with Gasteiger partial charge in [-0.25, -0.2) is 4.79 Å². The van der Waals surface area contributed by atoms with Crippen LogP contribution in [-0.2, 0) is 0 Å². The second-order valence-corrected chi connectivity index (χ2v) is 5.37. The molecule has 0 aliphatic rings. The van der Waals surface area contributed by atoms with Gasteiger partial charge in [0.25, 0.3) is 0 Å². The molecule has 0 N–H and O–H groups in total. The fourth-order valence-electron chi connectivity index (χ4n) is 1.92. The highest BCUT2D eigenvalue weighted by Gasteiger charge is 2.07. The molecule has 0 saturated heterocycles. The van der Waals surface area contributed by atoms with Gasteiger partial charge < -0.3 is 4.74 Å². The molecular formula is C22H20O2. The molecule has 0 spiro atoms. The molecule has 0 saturated carbocycles. The maximum atomic E-state index is 12.1. The summed E-state index contributed by atoms with van der Waals surface area (Å²) >= 11 is 0. The third kappa shape index (κ3) is 5.30. The van der Waals surface area contributed by atoms with Crippen molar-refractivity contribution in [3.05, 3.63) is 89.5 Å². The number of aryl methyl sites for hydroxylation is 1. The van der Waals surface area contributed by atoms with Gasteiger partial charge in [-0.1, -0.05) is 55.2 Å². The predicted octanol–water partition coefficient (Wildman–Crippen LogP) is 5.09. The van der Waals surface area contributed by atoms with Crippen molar-refractivity contribution in [3.63, 3.8) is 0 Å². The number of benzene rings is 2. The van der Waals surface area contributed by atoms with E-state index in [0.29, 0.717) is 11.3 Å². The summed E-state index contributed by atoms with van der Waals surface area (Å²) in [5.74, 6) is 6.14. The Labute approximate surface area is 143 Å². The number of carbonyl (C=O) groups excluding carboxylic acids is 1. The SMILES string of the molecule is C=C(C#Cc1ccc(OC(=O)c2ccc(C)cc2)cc1)/C=C\CC. The first-order chi connectivity index (χ1) is 11.6. The molecule has 2 aromatic carbocycles. The Morgan fingerprint density at radius 3 is 2.42 bits per heavy atom.